The number of hydrogen-bond acceptors (Lipinski definition) is 4. The fourth-order valence-corrected chi connectivity index (χ4v) is 2.07. The first-order valence-electron chi connectivity index (χ1n) is 7.11. The smallest absolute Gasteiger partial charge is 0.255 e. The second kappa shape index (κ2) is 7.77. The van der Waals surface area contributed by atoms with Crippen molar-refractivity contribution in [1.82, 2.24) is 9.88 Å². The molecule has 112 valence electrons. The summed E-state index contributed by atoms with van der Waals surface area (Å²) >= 11 is 0. The van der Waals surface area contributed by atoms with Crippen molar-refractivity contribution in [2.75, 3.05) is 26.9 Å². The molecule has 2 rings (SSSR count). The van der Waals surface area contributed by atoms with Gasteiger partial charge in [0.2, 0.25) is 0 Å². The van der Waals surface area contributed by atoms with E-state index in [1.807, 2.05) is 4.90 Å². The SMILES string of the molecule is COCCN(C(=O)c1ccncc1C#CCCO)C1CC1. The second-order valence-corrected chi connectivity index (χ2v) is 4.92. The van der Waals surface area contributed by atoms with Gasteiger partial charge < -0.3 is 14.7 Å². The Bertz CT molecular complexity index is 544. The third-order valence-corrected chi connectivity index (χ3v) is 3.30. The van der Waals surface area contributed by atoms with Gasteiger partial charge in [0.15, 0.2) is 0 Å². The topological polar surface area (TPSA) is 62.7 Å². The standard InChI is InChI=1S/C16H20N2O3/c1-21-11-9-18(14-5-6-14)16(20)15-7-8-17-12-13(15)4-2-3-10-19/h7-8,12,14,19H,3,5-6,9-11H2,1H3. The van der Waals surface area contributed by atoms with Gasteiger partial charge in [-0.3, -0.25) is 9.78 Å². The van der Waals surface area contributed by atoms with Crippen molar-refractivity contribution in [2.45, 2.75) is 25.3 Å². The van der Waals surface area contributed by atoms with Crippen LogP contribution in [-0.4, -0.2) is 53.8 Å². The molecule has 1 aromatic heterocycles. The maximum Gasteiger partial charge on any atom is 0.255 e. The van der Waals surface area contributed by atoms with Crippen LogP contribution < -0.4 is 0 Å². The number of carbonyl (C=O) groups is 1. The van der Waals surface area contributed by atoms with Crippen LogP contribution in [0, 0.1) is 11.8 Å². The van der Waals surface area contributed by atoms with E-state index < -0.39 is 0 Å². The maximum atomic E-state index is 12.7. The summed E-state index contributed by atoms with van der Waals surface area (Å²) < 4.78 is 5.08. The first-order chi connectivity index (χ1) is 10.3. The zero-order valence-corrected chi connectivity index (χ0v) is 12.2. The van der Waals surface area contributed by atoms with Gasteiger partial charge >= 0.3 is 0 Å². The van der Waals surface area contributed by atoms with Gasteiger partial charge in [-0.1, -0.05) is 11.8 Å². The van der Waals surface area contributed by atoms with Crippen molar-refractivity contribution >= 4 is 5.91 Å². The molecule has 1 fully saturated rings. The number of hydrogen-bond donors (Lipinski definition) is 1. The zero-order chi connectivity index (χ0) is 15.1. The van der Waals surface area contributed by atoms with E-state index in [1.165, 1.54) is 0 Å². The number of amides is 1. The van der Waals surface area contributed by atoms with Crippen molar-refractivity contribution in [3.63, 3.8) is 0 Å². The number of ether oxygens (including phenoxy) is 1. The molecule has 0 bridgehead atoms. The van der Waals surface area contributed by atoms with E-state index in [0.717, 1.165) is 12.8 Å². The summed E-state index contributed by atoms with van der Waals surface area (Å²) in [6, 6.07) is 2.02. The molecule has 0 radical (unpaired) electrons. The van der Waals surface area contributed by atoms with Crippen LogP contribution in [0.5, 0.6) is 0 Å². The fourth-order valence-electron chi connectivity index (χ4n) is 2.07. The summed E-state index contributed by atoms with van der Waals surface area (Å²) in [4.78, 5) is 18.6. The molecule has 0 aromatic carbocycles. The zero-order valence-electron chi connectivity index (χ0n) is 12.2. The van der Waals surface area contributed by atoms with Crippen molar-refractivity contribution in [3.05, 3.63) is 29.6 Å². The molecule has 1 amide bonds. The van der Waals surface area contributed by atoms with Gasteiger partial charge in [-0.15, -0.1) is 0 Å². The Morgan fingerprint density at radius 3 is 3.05 bits per heavy atom. The van der Waals surface area contributed by atoms with Gasteiger partial charge in [0.25, 0.3) is 5.91 Å². The number of aliphatic hydroxyl groups excluding tert-OH is 1. The molecule has 1 aliphatic rings. The third kappa shape index (κ3) is 4.28. The van der Waals surface area contributed by atoms with Crippen LogP contribution in [0.1, 0.15) is 35.2 Å². The molecule has 1 aliphatic carbocycles. The lowest BCUT2D eigenvalue weighted by Gasteiger charge is -2.22. The highest BCUT2D eigenvalue weighted by molar-refractivity contribution is 5.97. The van der Waals surface area contributed by atoms with Crippen LogP contribution in [0.4, 0.5) is 0 Å². The van der Waals surface area contributed by atoms with Gasteiger partial charge in [0.1, 0.15) is 0 Å². The number of aromatic nitrogens is 1. The van der Waals surface area contributed by atoms with Crippen LogP contribution in [0.2, 0.25) is 0 Å². The lowest BCUT2D eigenvalue weighted by molar-refractivity contribution is 0.0680. The molecular formula is C16H20N2O3. The van der Waals surface area contributed by atoms with Gasteiger partial charge in [-0.05, 0) is 18.9 Å². The van der Waals surface area contributed by atoms with E-state index >= 15 is 0 Å². The highest BCUT2D eigenvalue weighted by Crippen LogP contribution is 2.28. The van der Waals surface area contributed by atoms with E-state index in [4.69, 9.17) is 9.84 Å². The first kappa shape index (κ1) is 15.5. The molecule has 5 heteroatoms. The molecule has 1 N–H and O–H groups in total. The molecule has 0 spiro atoms. The summed E-state index contributed by atoms with van der Waals surface area (Å²) in [5.74, 6) is 5.73. The summed E-state index contributed by atoms with van der Waals surface area (Å²) in [6.45, 7) is 1.13. The molecule has 1 heterocycles. The Morgan fingerprint density at radius 2 is 2.38 bits per heavy atom. The molecule has 0 saturated heterocycles. The molecule has 0 atom stereocenters. The highest BCUT2D eigenvalue weighted by atomic mass is 16.5. The minimum Gasteiger partial charge on any atom is -0.395 e. The Labute approximate surface area is 124 Å². The second-order valence-electron chi connectivity index (χ2n) is 4.92. The van der Waals surface area contributed by atoms with Crippen LogP contribution >= 0.6 is 0 Å². The van der Waals surface area contributed by atoms with Crippen LogP contribution in [0.25, 0.3) is 0 Å². The number of carbonyl (C=O) groups excluding carboxylic acids is 1. The van der Waals surface area contributed by atoms with Gasteiger partial charge in [-0.2, -0.15) is 0 Å². The van der Waals surface area contributed by atoms with Crippen LogP contribution in [0.3, 0.4) is 0 Å². The first-order valence-corrected chi connectivity index (χ1v) is 7.11. The van der Waals surface area contributed by atoms with E-state index in [0.29, 0.717) is 36.7 Å². The monoisotopic (exact) mass is 288 g/mol. The largest absolute Gasteiger partial charge is 0.395 e. The van der Waals surface area contributed by atoms with Gasteiger partial charge in [0, 0.05) is 38.5 Å². The molecule has 21 heavy (non-hydrogen) atoms. The molecule has 0 aliphatic heterocycles. The van der Waals surface area contributed by atoms with Crippen LogP contribution in [-0.2, 0) is 4.74 Å². The Balaban J connectivity index is 2.19. The predicted molar refractivity (Wildman–Crippen MR) is 78.8 cm³/mol. The van der Waals surface area contributed by atoms with Crippen molar-refractivity contribution < 1.29 is 14.6 Å². The Hall–Kier alpha value is -1.90. The van der Waals surface area contributed by atoms with Gasteiger partial charge in [-0.25, -0.2) is 0 Å². The summed E-state index contributed by atoms with van der Waals surface area (Å²) in [5.41, 5.74) is 1.18. The lowest BCUT2D eigenvalue weighted by atomic mass is 10.1. The molecular weight excluding hydrogens is 268 g/mol. The summed E-state index contributed by atoms with van der Waals surface area (Å²) in [6.07, 6.45) is 5.68. The summed E-state index contributed by atoms with van der Waals surface area (Å²) in [5, 5.41) is 8.78. The third-order valence-electron chi connectivity index (χ3n) is 3.30. The normalized spacial score (nSPS) is 13.4. The Morgan fingerprint density at radius 1 is 1.57 bits per heavy atom. The molecule has 1 aromatic rings. The number of aliphatic hydroxyl groups is 1. The quantitative estimate of drug-likeness (QED) is 0.795. The molecule has 1 saturated carbocycles. The van der Waals surface area contributed by atoms with E-state index in [-0.39, 0.29) is 12.5 Å². The lowest BCUT2D eigenvalue weighted by Crippen LogP contribution is -2.36. The molecule has 0 unspecified atom stereocenters. The minimum atomic E-state index is -0.0229. The number of nitrogens with zero attached hydrogens (tertiary/aromatic N) is 2. The summed E-state index contributed by atoms with van der Waals surface area (Å²) in [7, 11) is 1.63. The Kier molecular flexibility index (Phi) is 5.73. The van der Waals surface area contributed by atoms with Gasteiger partial charge in [0.05, 0.1) is 24.3 Å². The van der Waals surface area contributed by atoms with E-state index in [9.17, 15) is 4.79 Å². The average molecular weight is 288 g/mol. The van der Waals surface area contributed by atoms with Crippen molar-refractivity contribution in [3.8, 4) is 11.8 Å². The molecule has 5 nitrogen and oxygen atoms in total. The van der Waals surface area contributed by atoms with E-state index in [2.05, 4.69) is 16.8 Å². The van der Waals surface area contributed by atoms with Crippen LogP contribution in [0.15, 0.2) is 18.5 Å². The number of pyridine rings is 1. The number of methoxy groups -OCH3 is 1. The minimum absolute atomic E-state index is 0.0125. The van der Waals surface area contributed by atoms with Crippen molar-refractivity contribution in [1.29, 1.82) is 0 Å². The fraction of sp³-hybridized carbons (Fsp3) is 0.500. The predicted octanol–water partition coefficient (Wildman–Crippen LogP) is 1.07. The van der Waals surface area contributed by atoms with Crippen molar-refractivity contribution in [2.24, 2.45) is 0 Å². The average Bonchev–Trinajstić information content (AvgIpc) is 3.33. The maximum absolute atomic E-state index is 12.7. The highest BCUT2D eigenvalue weighted by Gasteiger charge is 2.33. The number of rotatable bonds is 6. The van der Waals surface area contributed by atoms with E-state index in [1.54, 1.807) is 25.6 Å².